The first-order valence-corrected chi connectivity index (χ1v) is 9.80. The van der Waals surface area contributed by atoms with Crippen molar-refractivity contribution in [1.82, 2.24) is 9.80 Å². The third kappa shape index (κ3) is 5.22. The van der Waals surface area contributed by atoms with Crippen molar-refractivity contribution in [3.05, 3.63) is 29.8 Å². The number of carbonyl (C=O) groups is 2. The molecule has 0 aromatic heterocycles. The normalized spacial score (nSPS) is 21.2. The fourth-order valence-electron chi connectivity index (χ4n) is 3.98. The van der Waals surface area contributed by atoms with Crippen molar-refractivity contribution >= 4 is 11.8 Å². The molecule has 0 aliphatic carbocycles. The van der Waals surface area contributed by atoms with Gasteiger partial charge in [0.05, 0.1) is 13.0 Å². The maximum Gasteiger partial charge on any atom is 0.227 e. The van der Waals surface area contributed by atoms with Crippen LogP contribution in [0.2, 0.25) is 0 Å². The molecule has 0 bridgehead atoms. The topological polar surface area (TPSA) is 59.1 Å². The molecular weight excluding hydrogens is 344 g/mol. The number of amides is 2. The van der Waals surface area contributed by atoms with E-state index in [1.54, 1.807) is 7.11 Å². The van der Waals surface area contributed by atoms with Gasteiger partial charge in [0.15, 0.2) is 0 Å². The predicted molar refractivity (Wildman–Crippen MR) is 102 cm³/mol. The maximum absolute atomic E-state index is 12.9. The molecule has 1 aromatic carbocycles. The van der Waals surface area contributed by atoms with Crippen LogP contribution in [0.5, 0.6) is 5.75 Å². The van der Waals surface area contributed by atoms with Crippen LogP contribution in [0.1, 0.15) is 31.2 Å². The summed E-state index contributed by atoms with van der Waals surface area (Å²) in [6.45, 7) is 3.37. The quantitative estimate of drug-likeness (QED) is 0.767. The molecule has 0 saturated carbocycles. The first kappa shape index (κ1) is 19.7. The molecule has 2 fully saturated rings. The third-order valence-corrected chi connectivity index (χ3v) is 5.61. The van der Waals surface area contributed by atoms with E-state index in [1.807, 2.05) is 41.1 Å². The van der Waals surface area contributed by atoms with Gasteiger partial charge in [-0.15, -0.1) is 0 Å². The van der Waals surface area contributed by atoms with Crippen LogP contribution < -0.4 is 4.74 Å². The minimum atomic E-state index is -0.113. The van der Waals surface area contributed by atoms with Crippen molar-refractivity contribution in [3.8, 4) is 5.75 Å². The Morgan fingerprint density at radius 2 is 2.07 bits per heavy atom. The molecule has 0 spiro atoms. The zero-order valence-electron chi connectivity index (χ0n) is 16.4. The number of carbonyl (C=O) groups excluding carboxylic acids is 2. The van der Waals surface area contributed by atoms with Crippen molar-refractivity contribution in [1.29, 1.82) is 0 Å². The Balaban J connectivity index is 1.58. The van der Waals surface area contributed by atoms with Gasteiger partial charge in [0.1, 0.15) is 5.75 Å². The summed E-state index contributed by atoms with van der Waals surface area (Å²) in [6, 6.07) is 7.74. The number of methoxy groups -OCH3 is 1. The van der Waals surface area contributed by atoms with E-state index in [0.29, 0.717) is 31.8 Å². The monoisotopic (exact) mass is 374 g/mol. The largest absolute Gasteiger partial charge is 0.497 e. The fourth-order valence-corrected chi connectivity index (χ4v) is 3.98. The summed E-state index contributed by atoms with van der Waals surface area (Å²) in [5.74, 6) is 1.46. The zero-order chi connectivity index (χ0) is 19.2. The molecular formula is C21H30N2O4. The van der Waals surface area contributed by atoms with E-state index < -0.39 is 0 Å². The Labute approximate surface area is 161 Å². The minimum absolute atomic E-state index is 0.113. The minimum Gasteiger partial charge on any atom is -0.497 e. The van der Waals surface area contributed by atoms with Gasteiger partial charge in [0.25, 0.3) is 0 Å². The van der Waals surface area contributed by atoms with E-state index in [9.17, 15) is 9.59 Å². The Morgan fingerprint density at radius 1 is 1.30 bits per heavy atom. The number of likely N-dealkylation sites (tertiary alicyclic amines) is 1. The number of rotatable bonds is 6. The molecule has 1 atom stereocenters. The molecule has 2 aliphatic rings. The first-order chi connectivity index (χ1) is 13.1. The average molecular weight is 374 g/mol. The van der Waals surface area contributed by atoms with E-state index in [0.717, 1.165) is 43.9 Å². The molecule has 148 valence electrons. The van der Waals surface area contributed by atoms with E-state index in [1.165, 1.54) is 0 Å². The number of hydrogen-bond donors (Lipinski definition) is 0. The highest BCUT2D eigenvalue weighted by molar-refractivity contribution is 5.83. The van der Waals surface area contributed by atoms with Gasteiger partial charge >= 0.3 is 0 Å². The second-order valence-electron chi connectivity index (χ2n) is 7.64. The molecule has 27 heavy (non-hydrogen) atoms. The van der Waals surface area contributed by atoms with Crippen molar-refractivity contribution in [2.75, 3.05) is 40.5 Å². The number of piperidine rings is 1. The van der Waals surface area contributed by atoms with Crippen LogP contribution in [-0.2, 0) is 20.9 Å². The summed E-state index contributed by atoms with van der Waals surface area (Å²) in [7, 11) is 3.52. The molecule has 2 saturated heterocycles. The van der Waals surface area contributed by atoms with Crippen LogP contribution in [0, 0.1) is 11.8 Å². The Hall–Kier alpha value is -2.08. The van der Waals surface area contributed by atoms with E-state index in [-0.39, 0.29) is 17.7 Å². The van der Waals surface area contributed by atoms with Gasteiger partial charge in [-0.1, -0.05) is 12.1 Å². The highest BCUT2D eigenvalue weighted by atomic mass is 16.5. The second-order valence-corrected chi connectivity index (χ2v) is 7.64. The SMILES string of the molecule is COc1cccc(CN2C[C@H](C(=O)N(C)CC3CCOCC3)CCC2=O)c1. The molecule has 0 radical (unpaired) electrons. The highest BCUT2D eigenvalue weighted by Crippen LogP contribution is 2.24. The van der Waals surface area contributed by atoms with E-state index in [4.69, 9.17) is 9.47 Å². The number of nitrogens with zero attached hydrogens (tertiary/aromatic N) is 2. The van der Waals surface area contributed by atoms with Gasteiger partial charge in [-0.25, -0.2) is 0 Å². The maximum atomic E-state index is 12.9. The number of ether oxygens (including phenoxy) is 2. The standard InChI is InChI=1S/C21H30N2O4/c1-22(13-16-8-10-27-11-9-16)21(25)18-6-7-20(24)23(15-18)14-17-4-3-5-19(12-17)26-2/h3-5,12,16,18H,6-11,13-15H2,1-2H3/t18-/m1/s1. The smallest absolute Gasteiger partial charge is 0.227 e. The van der Waals surface area contributed by atoms with Gasteiger partial charge in [-0.05, 0) is 42.9 Å². The Bertz CT molecular complexity index is 657. The van der Waals surface area contributed by atoms with Crippen molar-refractivity contribution in [2.45, 2.75) is 32.2 Å². The molecule has 2 heterocycles. The first-order valence-electron chi connectivity index (χ1n) is 9.80. The zero-order valence-corrected chi connectivity index (χ0v) is 16.4. The van der Waals surface area contributed by atoms with Crippen molar-refractivity contribution in [3.63, 3.8) is 0 Å². The van der Waals surface area contributed by atoms with Gasteiger partial charge < -0.3 is 19.3 Å². The van der Waals surface area contributed by atoms with Gasteiger partial charge in [-0.3, -0.25) is 9.59 Å². The van der Waals surface area contributed by atoms with Crippen LogP contribution in [-0.4, -0.2) is 62.1 Å². The van der Waals surface area contributed by atoms with Crippen LogP contribution in [0.4, 0.5) is 0 Å². The lowest BCUT2D eigenvalue weighted by Crippen LogP contribution is -2.46. The summed E-state index contributed by atoms with van der Waals surface area (Å²) >= 11 is 0. The van der Waals surface area contributed by atoms with Crippen molar-refractivity contribution < 1.29 is 19.1 Å². The lowest BCUT2D eigenvalue weighted by molar-refractivity contribution is -0.143. The van der Waals surface area contributed by atoms with Gasteiger partial charge in [0, 0.05) is 46.3 Å². The van der Waals surface area contributed by atoms with E-state index in [2.05, 4.69) is 0 Å². The average Bonchev–Trinajstić information content (AvgIpc) is 2.70. The Kier molecular flexibility index (Phi) is 6.72. The number of hydrogen-bond acceptors (Lipinski definition) is 4. The van der Waals surface area contributed by atoms with Crippen molar-refractivity contribution in [2.24, 2.45) is 11.8 Å². The molecule has 2 amide bonds. The molecule has 2 aliphatic heterocycles. The van der Waals surface area contributed by atoms with Crippen LogP contribution in [0.3, 0.4) is 0 Å². The summed E-state index contributed by atoms with van der Waals surface area (Å²) < 4.78 is 10.7. The van der Waals surface area contributed by atoms with Gasteiger partial charge in [-0.2, -0.15) is 0 Å². The second kappa shape index (κ2) is 9.22. The molecule has 6 heteroatoms. The van der Waals surface area contributed by atoms with Crippen LogP contribution >= 0.6 is 0 Å². The Morgan fingerprint density at radius 3 is 2.81 bits per heavy atom. The fraction of sp³-hybridized carbons (Fsp3) is 0.619. The molecule has 3 rings (SSSR count). The number of benzene rings is 1. The lowest BCUT2D eigenvalue weighted by Gasteiger charge is -2.35. The van der Waals surface area contributed by atoms with Crippen LogP contribution in [0.15, 0.2) is 24.3 Å². The van der Waals surface area contributed by atoms with Gasteiger partial charge in [0.2, 0.25) is 11.8 Å². The predicted octanol–water partition coefficient (Wildman–Crippen LogP) is 2.32. The summed E-state index contributed by atoms with van der Waals surface area (Å²) in [5.41, 5.74) is 1.02. The summed E-state index contributed by atoms with van der Waals surface area (Å²) in [4.78, 5) is 28.9. The summed E-state index contributed by atoms with van der Waals surface area (Å²) in [5, 5.41) is 0. The third-order valence-electron chi connectivity index (χ3n) is 5.61. The lowest BCUT2D eigenvalue weighted by atomic mass is 9.94. The molecule has 6 nitrogen and oxygen atoms in total. The highest BCUT2D eigenvalue weighted by Gasteiger charge is 2.32. The van der Waals surface area contributed by atoms with E-state index >= 15 is 0 Å². The van der Waals surface area contributed by atoms with Crippen LogP contribution in [0.25, 0.3) is 0 Å². The molecule has 0 unspecified atom stereocenters. The molecule has 1 aromatic rings. The summed E-state index contributed by atoms with van der Waals surface area (Å²) in [6.07, 6.45) is 3.11. The molecule has 0 N–H and O–H groups in total.